The van der Waals surface area contributed by atoms with Crippen LogP contribution in [-0.4, -0.2) is 61.2 Å². The molecule has 0 aromatic rings. The molecule has 0 spiro atoms. The third-order valence-electron chi connectivity index (χ3n) is 4.27. The quantitative estimate of drug-likeness (QED) is 0.725. The van der Waals surface area contributed by atoms with E-state index >= 15 is 0 Å². The molecule has 1 saturated heterocycles. The van der Waals surface area contributed by atoms with E-state index in [2.05, 4.69) is 49.9 Å². The molecule has 3 heteroatoms. The molecule has 1 fully saturated rings. The highest BCUT2D eigenvalue weighted by Crippen LogP contribution is 2.13. The largest absolute Gasteiger partial charge is 0.312 e. The summed E-state index contributed by atoms with van der Waals surface area (Å²) in [4.78, 5) is 5.24. The molecule has 1 heterocycles. The van der Waals surface area contributed by atoms with Crippen LogP contribution in [0.5, 0.6) is 0 Å². The van der Waals surface area contributed by atoms with Gasteiger partial charge in [-0.1, -0.05) is 13.3 Å². The maximum atomic E-state index is 3.58. The van der Waals surface area contributed by atoms with Crippen molar-refractivity contribution in [2.45, 2.75) is 71.4 Å². The molecule has 1 unspecified atom stereocenters. The first-order valence-electron chi connectivity index (χ1n) is 8.60. The van der Waals surface area contributed by atoms with Crippen molar-refractivity contribution in [3.05, 3.63) is 0 Å². The second kappa shape index (κ2) is 9.01. The van der Waals surface area contributed by atoms with Crippen LogP contribution in [0.15, 0.2) is 0 Å². The SMILES string of the molecule is CCC1CN(C)CCCN1CCCCCNC(C)(C)C. The zero-order valence-corrected chi connectivity index (χ0v) is 14.5. The van der Waals surface area contributed by atoms with Crippen LogP contribution in [0.2, 0.25) is 0 Å². The molecule has 1 aliphatic rings. The normalized spacial score (nSPS) is 22.9. The molecular formula is C17H37N3. The van der Waals surface area contributed by atoms with Crippen molar-refractivity contribution in [2.75, 3.05) is 39.8 Å². The standard InChI is InChI=1S/C17H37N3/c1-6-16-15-19(5)12-10-14-20(16)13-9-7-8-11-18-17(2,3)4/h16,18H,6-15H2,1-5H3. The van der Waals surface area contributed by atoms with Gasteiger partial charge < -0.3 is 10.2 Å². The molecule has 1 rings (SSSR count). The van der Waals surface area contributed by atoms with E-state index in [4.69, 9.17) is 0 Å². The minimum atomic E-state index is 0.267. The van der Waals surface area contributed by atoms with Crippen LogP contribution in [0, 0.1) is 0 Å². The molecule has 1 atom stereocenters. The van der Waals surface area contributed by atoms with Gasteiger partial charge in [-0.05, 0) is 79.7 Å². The Labute approximate surface area is 127 Å². The van der Waals surface area contributed by atoms with E-state index in [1.165, 1.54) is 58.3 Å². The lowest BCUT2D eigenvalue weighted by Gasteiger charge is -2.30. The maximum Gasteiger partial charge on any atom is 0.0220 e. The van der Waals surface area contributed by atoms with Crippen molar-refractivity contribution in [1.29, 1.82) is 0 Å². The molecule has 0 radical (unpaired) electrons. The lowest BCUT2D eigenvalue weighted by atomic mass is 10.1. The highest BCUT2D eigenvalue weighted by atomic mass is 15.2. The second-order valence-electron chi connectivity index (χ2n) is 7.45. The number of hydrogen-bond acceptors (Lipinski definition) is 3. The Balaban J connectivity index is 2.16. The summed E-state index contributed by atoms with van der Waals surface area (Å²) in [5.41, 5.74) is 0.267. The first kappa shape index (κ1) is 17.9. The summed E-state index contributed by atoms with van der Waals surface area (Å²) < 4.78 is 0. The number of nitrogens with zero attached hydrogens (tertiary/aromatic N) is 2. The van der Waals surface area contributed by atoms with Gasteiger partial charge in [0.25, 0.3) is 0 Å². The smallest absolute Gasteiger partial charge is 0.0220 e. The Morgan fingerprint density at radius 3 is 2.50 bits per heavy atom. The van der Waals surface area contributed by atoms with Crippen LogP contribution < -0.4 is 5.32 Å². The molecule has 0 aliphatic carbocycles. The van der Waals surface area contributed by atoms with Crippen LogP contribution in [-0.2, 0) is 0 Å². The Morgan fingerprint density at radius 1 is 1.10 bits per heavy atom. The Hall–Kier alpha value is -0.120. The number of hydrogen-bond donors (Lipinski definition) is 1. The third kappa shape index (κ3) is 7.61. The van der Waals surface area contributed by atoms with E-state index in [0.29, 0.717) is 0 Å². The van der Waals surface area contributed by atoms with Gasteiger partial charge in [0.2, 0.25) is 0 Å². The van der Waals surface area contributed by atoms with Crippen LogP contribution in [0.25, 0.3) is 0 Å². The molecule has 0 aromatic carbocycles. The number of unbranched alkanes of at least 4 members (excludes halogenated alkanes) is 2. The van der Waals surface area contributed by atoms with Crippen molar-refractivity contribution in [3.63, 3.8) is 0 Å². The average molecular weight is 284 g/mol. The first-order chi connectivity index (χ1) is 9.42. The summed E-state index contributed by atoms with van der Waals surface area (Å²) in [7, 11) is 2.27. The predicted octanol–water partition coefficient (Wildman–Crippen LogP) is 2.96. The van der Waals surface area contributed by atoms with Gasteiger partial charge in [-0.3, -0.25) is 4.90 Å². The Kier molecular flexibility index (Phi) is 8.08. The predicted molar refractivity (Wildman–Crippen MR) is 89.4 cm³/mol. The van der Waals surface area contributed by atoms with E-state index in [1.807, 2.05) is 0 Å². The fourth-order valence-electron chi connectivity index (χ4n) is 3.05. The molecule has 0 bridgehead atoms. The van der Waals surface area contributed by atoms with E-state index in [-0.39, 0.29) is 5.54 Å². The van der Waals surface area contributed by atoms with Crippen molar-refractivity contribution < 1.29 is 0 Å². The van der Waals surface area contributed by atoms with Gasteiger partial charge >= 0.3 is 0 Å². The van der Waals surface area contributed by atoms with Gasteiger partial charge in [0.05, 0.1) is 0 Å². The zero-order chi connectivity index (χ0) is 15.0. The molecule has 120 valence electrons. The topological polar surface area (TPSA) is 18.5 Å². The summed E-state index contributed by atoms with van der Waals surface area (Å²) in [5.74, 6) is 0. The lowest BCUT2D eigenvalue weighted by molar-refractivity contribution is 0.180. The summed E-state index contributed by atoms with van der Waals surface area (Å²) in [6.07, 6.45) is 6.63. The van der Waals surface area contributed by atoms with Crippen molar-refractivity contribution in [3.8, 4) is 0 Å². The van der Waals surface area contributed by atoms with Gasteiger partial charge in [-0.2, -0.15) is 0 Å². The number of rotatable bonds is 7. The molecule has 1 N–H and O–H groups in total. The monoisotopic (exact) mass is 283 g/mol. The lowest BCUT2D eigenvalue weighted by Crippen LogP contribution is -2.40. The molecule has 20 heavy (non-hydrogen) atoms. The van der Waals surface area contributed by atoms with E-state index in [9.17, 15) is 0 Å². The minimum Gasteiger partial charge on any atom is -0.312 e. The van der Waals surface area contributed by atoms with Gasteiger partial charge in [0.15, 0.2) is 0 Å². The van der Waals surface area contributed by atoms with Crippen LogP contribution >= 0.6 is 0 Å². The molecule has 1 aliphatic heterocycles. The minimum absolute atomic E-state index is 0.267. The highest BCUT2D eigenvalue weighted by molar-refractivity contribution is 4.77. The first-order valence-corrected chi connectivity index (χ1v) is 8.60. The molecule has 3 nitrogen and oxygen atoms in total. The van der Waals surface area contributed by atoms with Gasteiger partial charge in [0.1, 0.15) is 0 Å². The van der Waals surface area contributed by atoms with Crippen molar-refractivity contribution in [1.82, 2.24) is 15.1 Å². The third-order valence-corrected chi connectivity index (χ3v) is 4.27. The van der Waals surface area contributed by atoms with E-state index in [0.717, 1.165) is 12.6 Å². The molecule has 0 amide bonds. The van der Waals surface area contributed by atoms with Crippen LogP contribution in [0.1, 0.15) is 59.8 Å². The fraction of sp³-hybridized carbons (Fsp3) is 1.00. The van der Waals surface area contributed by atoms with Gasteiger partial charge in [-0.25, -0.2) is 0 Å². The summed E-state index contributed by atoms with van der Waals surface area (Å²) in [6.45, 7) is 15.3. The number of likely N-dealkylation sites (N-methyl/N-ethyl adjacent to an activating group) is 1. The second-order valence-corrected chi connectivity index (χ2v) is 7.45. The zero-order valence-electron chi connectivity index (χ0n) is 14.5. The summed E-state index contributed by atoms with van der Waals surface area (Å²) in [5, 5.41) is 3.58. The molecular weight excluding hydrogens is 246 g/mol. The van der Waals surface area contributed by atoms with Crippen molar-refractivity contribution in [2.24, 2.45) is 0 Å². The highest BCUT2D eigenvalue weighted by Gasteiger charge is 2.21. The molecule has 0 saturated carbocycles. The van der Waals surface area contributed by atoms with E-state index in [1.54, 1.807) is 0 Å². The van der Waals surface area contributed by atoms with Crippen LogP contribution in [0.4, 0.5) is 0 Å². The van der Waals surface area contributed by atoms with E-state index < -0.39 is 0 Å². The van der Waals surface area contributed by atoms with Gasteiger partial charge in [-0.15, -0.1) is 0 Å². The Bertz CT molecular complexity index is 247. The average Bonchev–Trinajstić information content (AvgIpc) is 2.54. The number of nitrogens with one attached hydrogen (secondary N) is 1. The van der Waals surface area contributed by atoms with Crippen molar-refractivity contribution >= 4 is 0 Å². The fourth-order valence-corrected chi connectivity index (χ4v) is 3.05. The summed E-state index contributed by atoms with van der Waals surface area (Å²) >= 11 is 0. The maximum absolute atomic E-state index is 3.58. The molecule has 0 aromatic heterocycles. The Morgan fingerprint density at radius 2 is 1.85 bits per heavy atom. The van der Waals surface area contributed by atoms with Crippen LogP contribution in [0.3, 0.4) is 0 Å². The summed E-state index contributed by atoms with van der Waals surface area (Å²) in [6, 6.07) is 0.773. The van der Waals surface area contributed by atoms with Gasteiger partial charge in [0, 0.05) is 18.1 Å².